The van der Waals surface area contributed by atoms with Gasteiger partial charge in [0.25, 0.3) is 11.5 Å². The van der Waals surface area contributed by atoms with Crippen molar-refractivity contribution in [3.8, 4) is 0 Å². The van der Waals surface area contributed by atoms with Crippen molar-refractivity contribution in [1.82, 2.24) is 15.5 Å². The van der Waals surface area contributed by atoms with Gasteiger partial charge in [0.05, 0.1) is 5.39 Å². The molecule has 0 bridgehead atoms. The van der Waals surface area contributed by atoms with E-state index in [9.17, 15) is 14.4 Å². The number of aliphatic carboxylic acids is 1. The van der Waals surface area contributed by atoms with Crippen LogP contribution in [0.2, 0.25) is 0 Å². The third-order valence-corrected chi connectivity index (χ3v) is 3.08. The van der Waals surface area contributed by atoms with Crippen LogP contribution in [-0.2, 0) is 4.79 Å². The van der Waals surface area contributed by atoms with Gasteiger partial charge >= 0.3 is 5.97 Å². The Balaban J connectivity index is 2.22. The maximum Gasteiger partial charge on any atom is 0.303 e. The van der Waals surface area contributed by atoms with E-state index in [4.69, 9.17) is 5.11 Å². The van der Waals surface area contributed by atoms with Crippen molar-refractivity contribution < 1.29 is 14.7 Å². The number of nitrogens with one attached hydrogen (secondary N) is 2. The van der Waals surface area contributed by atoms with Crippen LogP contribution in [0.3, 0.4) is 0 Å². The fourth-order valence-electron chi connectivity index (χ4n) is 1.99. The number of amides is 1. The minimum Gasteiger partial charge on any atom is -0.481 e. The lowest BCUT2D eigenvalue weighted by Gasteiger charge is -2.13. The molecule has 0 aliphatic carbocycles. The molecule has 0 radical (unpaired) electrons. The molecule has 0 saturated carbocycles. The molecule has 0 spiro atoms. The zero-order chi connectivity index (χ0) is 15.4. The average molecular weight is 289 g/mol. The molecule has 2 rings (SSSR count). The van der Waals surface area contributed by atoms with E-state index in [-0.39, 0.29) is 23.7 Å². The van der Waals surface area contributed by atoms with Crippen LogP contribution >= 0.6 is 0 Å². The van der Waals surface area contributed by atoms with E-state index in [1.807, 2.05) is 0 Å². The van der Waals surface area contributed by atoms with E-state index in [1.165, 1.54) is 0 Å². The predicted octanol–water partition coefficient (Wildman–Crippen LogP) is 0.906. The zero-order valence-corrected chi connectivity index (χ0v) is 11.4. The Morgan fingerprint density at radius 2 is 2.00 bits per heavy atom. The lowest BCUT2D eigenvalue weighted by molar-refractivity contribution is -0.137. The van der Waals surface area contributed by atoms with Gasteiger partial charge in [0.15, 0.2) is 5.69 Å². The molecule has 0 aliphatic rings. The number of hydrogen-bond acceptors (Lipinski definition) is 4. The van der Waals surface area contributed by atoms with Gasteiger partial charge in [-0.05, 0) is 19.4 Å². The normalized spacial score (nSPS) is 12.0. The molecule has 21 heavy (non-hydrogen) atoms. The number of H-pyrrole nitrogens is 1. The van der Waals surface area contributed by atoms with Gasteiger partial charge in [0.2, 0.25) is 0 Å². The molecular formula is C14H15N3O4. The highest BCUT2D eigenvalue weighted by Crippen LogP contribution is 2.12. The second-order valence-corrected chi connectivity index (χ2v) is 4.75. The topological polar surface area (TPSA) is 112 Å². The van der Waals surface area contributed by atoms with Crippen LogP contribution in [-0.4, -0.2) is 33.2 Å². The highest BCUT2D eigenvalue weighted by molar-refractivity contribution is 6.04. The maximum atomic E-state index is 12.2. The van der Waals surface area contributed by atoms with Crippen LogP contribution in [0, 0.1) is 0 Å². The first kappa shape index (κ1) is 14.7. The van der Waals surface area contributed by atoms with Crippen molar-refractivity contribution in [2.24, 2.45) is 0 Å². The summed E-state index contributed by atoms with van der Waals surface area (Å²) in [5.41, 5.74) is -0.242. The number of carbonyl (C=O) groups is 2. The van der Waals surface area contributed by atoms with Gasteiger partial charge in [-0.1, -0.05) is 18.2 Å². The number of rotatable bonds is 5. The third kappa shape index (κ3) is 3.44. The Kier molecular flexibility index (Phi) is 4.32. The lowest BCUT2D eigenvalue weighted by Crippen LogP contribution is -2.34. The molecule has 0 aliphatic heterocycles. The van der Waals surface area contributed by atoms with Crippen LogP contribution in [0.25, 0.3) is 10.8 Å². The summed E-state index contributed by atoms with van der Waals surface area (Å²) in [4.78, 5) is 34.3. The molecule has 3 N–H and O–H groups in total. The molecule has 7 heteroatoms. The van der Waals surface area contributed by atoms with E-state index in [2.05, 4.69) is 15.5 Å². The molecular weight excluding hydrogens is 274 g/mol. The molecule has 7 nitrogen and oxygen atoms in total. The minimum atomic E-state index is -0.913. The minimum absolute atomic E-state index is 0.0265. The number of aromatic nitrogens is 2. The van der Waals surface area contributed by atoms with Gasteiger partial charge in [-0.25, -0.2) is 5.10 Å². The highest BCUT2D eigenvalue weighted by atomic mass is 16.4. The molecule has 1 unspecified atom stereocenters. The second-order valence-electron chi connectivity index (χ2n) is 4.75. The summed E-state index contributed by atoms with van der Waals surface area (Å²) in [5, 5.41) is 18.2. The van der Waals surface area contributed by atoms with Crippen LogP contribution in [0.15, 0.2) is 29.1 Å². The van der Waals surface area contributed by atoms with E-state index in [1.54, 1.807) is 31.2 Å². The number of fused-ring (bicyclic) bond motifs is 1. The lowest BCUT2D eigenvalue weighted by atomic mass is 10.1. The van der Waals surface area contributed by atoms with E-state index < -0.39 is 11.9 Å². The van der Waals surface area contributed by atoms with Crippen molar-refractivity contribution in [3.63, 3.8) is 0 Å². The Morgan fingerprint density at radius 3 is 2.67 bits per heavy atom. The van der Waals surface area contributed by atoms with Crippen molar-refractivity contribution in [3.05, 3.63) is 40.3 Å². The fourth-order valence-corrected chi connectivity index (χ4v) is 1.99. The van der Waals surface area contributed by atoms with E-state index in [0.717, 1.165) is 0 Å². The first-order valence-corrected chi connectivity index (χ1v) is 6.49. The number of benzene rings is 1. The van der Waals surface area contributed by atoms with Crippen LogP contribution < -0.4 is 10.9 Å². The Morgan fingerprint density at radius 1 is 1.33 bits per heavy atom. The summed E-state index contributed by atoms with van der Waals surface area (Å²) in [7, 11) is 0. The Bertz CT molecular complexity index is 738. The molecule has 0 saturated heterocycles. The molecule has 1 aromatic carbocycles. The predicted molar refractivity (Wildman–Crippen MR) is 76.2 cm³/mol. The van der Waals surface area contributed by atoms with Gasteiger partial charge in [0, 0.05) is 17.8 Å². The summed E-state index contributed by atoms with van der Waals surface area (Å²) in [5.74, 6) is -1.36. The number of carboxylic acids is 1. The van der Waals surface area contributed by atoms with Crippen LogP contribution in [0.4, 0.5) is 0 Å². The number of nitrogens with zero attached hydrogens (tertiary/aromatic N) is 1. The van der Waals surface area contributed by atoms with Crippen LogP contribution in [0.1, 0.15) is 30.3 Å². The number of hydrogen-bond donors (Lipinski definition) is 3. The molecule has 1 atom stereocenters. The average Bonchev–Trinajstić information content (AvgIpc) is 2.45. The van der Waals surface area contributed by atoms with Gasteiger partial charge in [-0.3, -0.25) is 14.4 Å². The summed E-state index contributed by atoms with van der Waals surface area (Å²) in [6.07, 6.45) is 0.295. The zero-order valence-electron chi connectivity index (χ0n) is 11.4. The summed E-state index contributed by atoms with van der Waals surface area (Å²) >= 11 is 0. The van der Waals surface area contributed by atoms with Crippen molar-refractivity contribution in [2.75, 3.05) is 0 Å². The van der Waals surface area contributed by atoms with Gasteiger partial charge in [-0.15, -0.1) is 0 Å². The van der Waals surface area contributed by atoms with Gasteiger partial charge in [-0.2, -0.15) is 5.10 Å². The van der Waals surface area contributed by atoms with Crippen molar-refractivity contribution >= 4 is 22.6 Å². The van der Waals surface area contributed by atoms with Gasteiger partial charge in [0.1, 0.15) is 0 Å². The number of carboxylic acid groups (broad SMARTS) is 1. The Hall–Kier alpha value is -2.70. The number of aromatic amines is 1. The van der Waals surface area contributed by atoms with Crippen LogP contribution in [0.5, 0.6) is 0 Å². The summed E-state index contributed by atoms with van der Waals surface area (Å²) < 4.78 is 0. The summed E-state index contributed by atoms with van der Waals surface area (Å²) in [6.45, 7) is 1.72. The maximum absolute atomic E-state index is 12.2. The summed E-state index contributed by atoms with van der Waals surface area (Å²) in [6, 6.07) is 6.37. The first-order chi connectivity index (χ1) is 9.99. The van der Waals surface area contributed by atoms with Gasteiger partial charge < -0.3 is 10.4 Å². The molecule has 1 heterocycles. The van der Waals surface area contributed by atoms with Crippen molar-refractivity contribution in [2.45, 2.75) is 25.8 Å². The SMILES string of the molecule is CC(CCC(=O)O)NC(=O)c1n[nH]c(=O)c2ccccc12. The fraction of sp³-hybridized carbons (Fsp3) is 0.286. The van der Waals surface area contributed by atoms with E-state index >= 15 is 0 Å². The molecule has 1 amide bonds. The number of carbonyl (C=O) groups excluding carboxylic acids is 1. The van der Waals surface area contributed by atoms with E-state index in [0.29, 0.717) is 17.2 Å². The second kappa shape index (κ2) is 6.17. The Labute approximate surface area is 120 Å². The highest BCUT2D eigenvalue weighted by Gasteiger charge is 2.16. The standard InChI is InChI=1S/C14H15N3O4/c1-8(6-7-11(18)19)15-14(21)12-9-4-2-3-5-10(9)13(20)17-16-12/h2-5,8H,6-7H2,1H3,(H,15,21)(H,17,20)(H,18,19). The molecule has 1 aromatic heterocycles. The molecule has 2 aromatic rings. The first-order valence-electron chi connectivity index (χ1n) is 6.49. The largest absolute Gasteiger partial charge is 0.481 e. The molecule has 110 valence electrons. The third-order valence-electron chi connectivity index (χ3n) is 3.08. The molecule has 0 fully saturated rings. The van der Waals surface area contributed by atoms with Crippen molar-refractivity contribution in [1.29, 1.82) is 0 Å². The monoisotopic (exact) mass is 289 g/mol. The quantitative estimate of drug-likeness (QED) is 0.757. The smallest absolute Gasteiger partial charge is 0.303 e.